The molecule has 0 aliphatic heterocycles. The molecule has 0 saturated heterocycles. The van der Waals surface area contributed by atoms with Gasteiger partial charge in [0.1, 0.15) is 6.61 Å². The Balaban J connectivity index is 3.22. The molecule has 0 aromatic carbocycles. The van der Waals surface area contributed by atoms with Gasteiger partial charge in [-0.1, -0.05) is 20.8 Å². The first kappa shape index (κ1) is 10.8. The van der Waals surface area contributed by atoms with Crippen molar-refractivity contribution in [3.63, 3.8) is 0 Å². The molecule has 0 fully saturated rings. The Labute approximate surface area is 72.7 Å². The maximum atomic E-state index is 10.3. The molecule has 0 radical (unpaired) electrons. The van der Waals surface area contributed by atoms with Gasteiger partial charge in [-0.25, -0.2) is 0 Å². The Morgan fingerprint density at radius 1 is 1.45 bits per heavy atom. The van der Waals surface area contributed by atoms with Crippen molar-refractivity contribution in [3.05, 3.63) is 0 Å². The molecule has 0 aliphatic rings. The van der Waals surface area contributed by atoms with Gasteiger partial charge in [0.25, 0.3) is 0 Å². The van der Waals surface area contributed by atoms with E-state index in [1.165, 1.54) is 6.92 Å². The van der Waals surface area contributed by atoms with Crippen LogP contribution in [-0.2, 0) is 9.53 Å². The predicted molar refractivity (Wildman–Crippen MR) is 48.8 cm³/mol. The summed E-state index contributed by atoms with van der Waals surface area (Å²) in [6.07, 6.45) is 0. The van der Waals surface area contributed by atoms with Crippen molar-refractivity contribution in [2.24, 2.45) is 0 Å². The zero-order valence-electron chi connectivity index (χ0n) is 7.64. The van der Waals surface area contributed by atoms with E-state index >= 15 is 0 Å². The van der Waals surface area contributed by atoms with Crippen LogP contribution in [0.5, 0.6) is 0 Å². The molecule has 0 N–H and O–H groups in total. The second kappa shape index (κ2) is 4.65. The number of carbonyl (C=O) groups is 1. The van der Waals surface area contributed by atoms with Crippen molar-refractivity contribution in [2.75, 3.05) is 12.4 Å². The summed E-state index contributed by atoms with van der Waals surface area (Å²) < 4.78 is 5.04. The Morgan fingerprint density at radius 2 is 2.00 bits per heavy atom. The topological polar surface area (TPSA) is 26.3 Å². The van der Waals surface area contributed by atoms with Crippen molar-refractivity contribution in [2.45, 2.75) is 32.4 Å². The molecule has 0 atom stereocenters. The Hall–Kier alpha value is -0.180. The molecule has 0 aliphatic carbocycles. The van der Waals surface area contributed by atoms with Crippen LogP contribution in [0.4, 0.5) is 0 Å². The van der Waals surface area contributed by atoms with Crippen LogP contribution in [0, 0.1) is 0 Å². The zero-order chi connectivity index (χ0) is 8.91. The maximum Gasteiger partial charge on any atom is 0.302 e. The number of thioether (sulfide) groups is 1. The van der Waals surface area contributed by atoms with E-state index in [0.717, 1.165) is 5.75 Å². The number of rotatable bonds is 3. The third kappa shape index (κ3) is 9.82. The molecule has 66 valence electrons. The van der Waals surface area contributed by atoms with Gasteiger partial charge in [-0.2, -0.15) is 11.8 Å². The van der Waals surface area contributed by atoms with Crippen LogP contribution in [0.15, 0.2) is 0 Å². The summed E-state index contributed by atoms with van der Waals surface area (Å²) in [7, 11) is 0. The second-order valence-electron chi connectivity index (χ2n) is 3.30. The summed E-state index contributed by atoms with van der Waals surface area (Å²) in [6.45, 7) is 8.39. The molecule has 0 amide bonds. The third-order valence-electron chi connectivity index (χ3n) is 0.924. The molecule has 0 bridgehead atoms. The fourth-order valence-corrected chi connectivity index (χ4v) is 1.31. The Kier molecular flexibility index (Phi) is 4.57. The van der Waals surface area contributed by atoms with Crippen molar-refractivity contribution >= 4 is 17.7 Å². The quantitative estimate of drug-likeness (QED) is 0.486. The first-order valence-electron chi connectivity index (χ1n) is 3.69. The monoisotopic (exact) mass is 176 g/mol. The van der Waals surface area contributed by atoms with Crippen molar-refractivity contribution in [1.82, 2.24) is 0 Å². The molecule has 0 aromatic rings. The van der Waals surface area contributed by atoms with Gasteiger partial charge >= 0.3 is 5.97 Å². The highest BCUT2D eigenvalue weighted by molar-refractivity contribution is 8.00. The van der Waals surface area contributed by atoms with Crippen LogP contribution < -0.4 is 0 Å². The minimum absolute atomic E-state index is 0.195. The Morgan fingerprint density at radius 3 is 2.36 bits per heavy atom. The molecular weight excluding hydrogens is 160 g/mol. The molecule has 3 heteroatoms. The van der Waals surface area contributed by atoms with E-state index in [9.17, 15) is 4.79 Å². The molecule has 0 aromatic heterocycles. The number of hydrogen-bond donors (Lipinski definition) is 0. The number of carbonyl (C=O) groups excluding carboxylic acids is 1. The normalized spacial score (nSPS) is 11.3. The van der Waals surface area contributed by atoms with Crippen LogP contribution in [-0.4, -0.2) is 23.1 Å². The fourth-order valence-electron chi connectivity index (χ4n) is 0.533. The number of hydrogen-bond acceptors (Lipinski definition) is 3. The summed E-state index contributed by atoms with van der Waals surface area (Å²) in [5, 5.41) is 0. The van der Waals surface area contributed by atoms with Gasteiger partial charge in [0.15, 0.2) is 0 Å². The fraction of sp³-hybridized carbons (Fsp3) is 0.875. The molecule has 0 unspecified atom stereocenters. The van der Waals surface area contributed by atoms with E-state index in [1.54, 1.807) is 11.8 Å². The second-order valence-corrected chi connectivity index (χ2v) is 5.22. The van der Waals surface area contributed by atoms with Crippen molar-refractivity contribution < 1.29 is 9.53 Å². The van der Waals surface area contributed by atoms with Crippen LogP contribution in [0.3, 0.4) is 0 Å². The highest BCUT2D eigenvalue weighted by Crippen LogP contribution is 2.22. The van der Waals surface area contributed by atoms with E-state index in [4.69, 9.17) is 4.74 Å². The summed E-state index contributed by atoms with van der Waals surface area (Å²) in [5.41, 5.74) is 0. The van der Waals surface area contributed by atoms with Gasteiger partial charge in [-0.3, -0.25) is 4.79 Å². The number of ether oxygens (including phenoxy) is 1. The lowest BCUT2D eigenvalue weighted by molar-refractivity contribution is -0.140. The van der Waals surface area contributed by atoms with Gasteiger partial charge in [-0.15, -0.1) is 0 Å². The average molecular weight is 176 g/mol. The van der Waals surface area contributed by atoms with Gasteiger partial charge in [0.2, 0.25) is 0 Å². The van der Waals surface area contributed by atoms with E-state index < -0.39 is 0 Å². The lowest BCUT2D eigenvalue weighted by Gasteiger charge is -2.16. The standard InChI is InChI=1S/C8H16O2S/c1-7(9)10-5-6-11-8(2,3)4/h5-6H2,1-4H3. The van der Waals surface area contributed by atoms with E-state index in [0.29, 0.717) is 6.61 Å². The molecule has 11 heavy (non-hydrogen) atoms. The summed E-state index contributed by atoms with van der Waals surface area (Å²) >= 11 is 1.80. The predicted octanol–water partition coefficient (Wildman–Crippen LogP) is 2.08. The smallest absolute Gasteiger partial charge is 0.302 e. The van der Waals surface area contributed by atoms with Gasteiger partial charge in [0, 0.05) is 17.4 Å². The van der Waals surface area contributed by atoms with E-state index in [-0.39, 0.29) is 10.7 Å². The largest absolute Gasteiger partial charge is 0.465 e. The highest BCUT2D eigenvalue weighted by Gasteiger charge is 2.09. The highest BCUT2D eigenvalue weighted by atomic mass is 32.2. The van der Waals surface area contributed by atoms with Crippen LogP contribution in [0.2, 0.25) is 0 Å². The maximum absolute atomic E-state index is 10.3. The molecule has 0 rings (SSSR count). The summed E-state index contributed by atoms with van der Waals surface area (Å²) in [6, 6.07) is 0. The lowest BCUT2D eigenvalue weighted by atomic mass is 10.3. The van der Waals surface area contributed by atoms with Gasteiger partial charge < -0.3 is 4.74 Å². The molecule has 0 saturated carbocycles. The van der Waals surface area contributed by atoms with Crippen LogP contribution >= 0.6 is 11.8 Å². The first-order valence-corrected chi connectivity index (χ1v) is 4.68. The summed E-state index contributed by atoms with van der Waals surface area (Å²) in [4.78, 5) is 10.3. The van der Waals surface area contributed by atoms with Crippen LogP contribution in [0.1, 0.15) is 27.7 Å². The molecule has 0 spiro atoms. The van der Waals surface area contributed by atoms with Crippen LogP contribution in [0.25, 0.3) is 0 Å². The molecule has 0 heterocycles. The van der Waals surface area contributed by atoms with Gasteiger partial charge in [-0.05, 0) is 0 Å². The minimum Gasteiger partial charge on any atom is -0.465 e. The molecule has 2 nitrogen and oxygen atoms in total. The van der Waals surface area contributed by atoms with Crippen molar-refractivity contribution in [3.8, 4) is 0 Å². The van der Waals surface area contributed by atoms with E-state index in [1.807, 2.05) is 0 Å². The third-order valence-corrected chi connectivity index (χ3v) is 2.16. The first-order chi connectivity index (χ1) is 4.92. The lowest BCUT2D eigenvalue weighted by Crippen LogP contribution is -2.11. The summed E-state index contributed by atoms with van der Waals surface area (Å²) in [5.74, 6) is 0.683. The minimum atomic E-state index is -0.195. The molecular formula is C8H16O2S. The van der Waals surface area contributed by atoms with Gasteiger partial charge in [0.05, 0.1) is 0 Å². The average Bonchev–Trinajstić information content (AvgIpc) is 1.78. The van der Waals surface area contributed by atoms with Crippen molar-refractivity contribution in [1.29, 1.82) is 0 Å². The SMILES string of the molecule is CC(=O)OCCSC(C)(C)C. The zero-order valence-corrected chi connectivity index (χ0v) is 8.46. The Bertz CT molecular complexity index is 127. The number of esters is 1. The van der Waals surface area contributed by atoms with E-state index in [2.05, 4.69) is 20.8 Å².